The Balaban J connectivity index is 1.33. The van der Waals surface area contributed by atoms with Crippen LogP contribution in [0.1, 0.15) is 36.3 Å². The predicted molar refractivity (Wildman–Crippen MR) is 149 cm³/mol. The molecule has 0 bridgehead atoms. The molecule has 1 N–H and O–H groups in total. The van der Waals surface area contributed by atoms with Crippen LogP contribution >= 0.6 is 0 Å². The maximum absolute atomic E-state index is 12.7. The van der Waals surface area contributed by atoms with E-state index in [1.165, 1.54) is 6.42 Å². The van der Waals surface area contributed by atoms with Gasteiger partial charge in [0.05, 0.1) is 43.4 Å². The van der Waals surface area contributed by atoms with E-state index in [4.69, 9.17) is 19.4 Å². The van der Waals surface area contributed by atoms with Gasteiger partial charge in [0.1, 0.15) is 5.82 Å². The number of anilines is 1. The Morgan fingerprint density at radius 2 is 1.71 bits per heavy atom. The lowest BCUT2D eigenvalue weighted by molar-refractivity contribution is 0.0950. The number of amides is 1. The number of nitrogens with zero attached hydrogens (tertiary/aromatic N) is 4. The zero-order chi connectivity index (χ0) is 26.6. The number of benzene rings is 1. The quantitative estimate of drug-likeness (QED) is 0.368. The molecule has 1 aromatic carbocycles. The molecule has 1 aliphatic heterocycles. The Bertz CT molecular complexity index is 1450. The summed E-state index contributed by atoms with van der Waals surface area (Å²) in [4.78, 5) is 29.5. The van der Waals surface area contributed by atoms with Crippen molar-refractivity contribution in [2.24, 2.45) is 11.8 Å². The van der Waals surface area contributed by atoms with Crippen LogP contribution in [-0.2, 0) is 6.54 Å². The number of methoxy groups -OCH3 is 2. The summed E-state index contributed by atoms with van der Waals surface area (Å²) >= 11 is 0. The normalized spacial score (nSPS) is 17.3. The molecule has 3 aromatic heterocycles. The monoisotopic (exact) mass is 511 g/mol. The van der Waals surface area contributed by atoms with Gasteiger partial charge in [0.25, 0.3) is 5.91 Å². The zero-order valence-electron chi connectivity index (χ0n) is 22.3. The standard InChI is InChI=1S/C30H33N5O3/c1-19-12-20(2)18-35(17-19)29-7-5-6-24(34-29)25-10-8-22-15-31-23(14-26(22)33-25)16-32-30(36)21-9-11-27(37-3)28(13-21)38-4/h5-11,13-15,19-20H,12,16-18H2,1-4H3,(H,32,36)/t19-,20+. The molecule has 4 aromatic rings. The van der Waals surface area contributed by atoms with Crippen molar-refractivity contribution in [3.8, 4) is 22.9 Å². The second-order valence-electron chi connectivity index (χ2n) is 10.0. The lowest BCUT2D eigenvalue weighted by Crippen LogP contribution is -2.39. The minimum Gasteiger partial charge on any atom is -0.493 e. The molecule has 1 fully saturated rings. The number of nitrogens with one attached hydrogen (secondary N) is 1. The Morgan fingerprint density at radius 3 is 2.47 bits per heavy atom. The first-order chi connectivity index (χ1) is 18.4. The van der Waals surface area contributed by atoms with Crippen molar-refractivity contribution in [3.63, 3.8) is 0 Å². The predicted octanol–water partition coefficient (Wildman–Crippen LogP) is 5.12. The number of rotatable bonds is 7. The third-order valence-electron chi connectivity index (χ3n) is 6.90. The third kappa shape index (κ3) is 5.54. The summed E-state index contributed by atoms with van der Waals surface area (Å²) in [6.45, 7) is 6.93. The van der Waals surface area contributed by atoms with E-state index in [2.05, 4.69) is 41.2 Å². The minimum absolute atomic E-state index is 0.225. The van der Waals surface area contributed by atoms with E-state index in [0.29, 0.717) is 34.6 Å². The number of hydrogen-bond donors (Lipinski definition) is 1. The summed E-state index contributed by atoms with van der Waals surface area (Å²) in [7, 11) is 3.10. The number of carbonyl (C=O) groups excluding carboxylic acids is 1. The number of aromatic nitrogens is 3. The lowest BCUT2D eigenvalue weighted by atomic mass is 9.92. The van der Waals surface area contributed by atoms with Crippen LogP contribution in [0, 0.1) is 11.8 Å². The van der Waals surface area contributed by atoms with E-state index in [1.54, 1.807) is 38.6 Å². The van der Waals surface area contributed by atoms with Crippen molar-refractivity contribution in [2.75, 3.05) is 32.2 Å². The van der Waals surface area contributed by atoms with E-state index in [9.17, 15) is 4.79 Å². The number of ether oxygens (including phenoxy) is 2. The highest BCUT2D eigenvalue weighted by molar-refractivity contribution is 5.94. The molecule has 5 rings (SSSR count). The van der Waals surface area contributed by atoms with Crippen molar-refractivity contribution in [2.45, 2.75) is 26.8 Å². The summed E-state index contributed by atoms with van der Waals surface area (Å²) in [5, 5.41) is 3.85. The molecule has 0 saturated carbocycles. The van der Waals surface area contributed by atoms with Crippen molar-refractivity contribution in [1.29, 1.82) is 0 Å². The van der Waals surface area contributed by atoms with E-state index in [-0.39, 0.29) is 12.5 Å². The zero-order valence-corrected chi connectivity index (χ0v) is 22.3. The van der Waals surface area contributed by atoms with Crippen LogP contribution in [0.3, 0.4) is 0 Å². The Labute approximate surface area is 223 Å². The highest BCUT2D eigenvalue weighted by Gasteiger charge is 2.23. The highest BCUT2D eigenvalue weighted by atomic mass is 16.5. The molecular weight excluding hydrogens is 478 g/mol. The van der Waals surface area contributed by atoms with Crippen LogP contribution in [0.4, 0.5) is 5.82 Å². The van der Waals surface area contributed by atoms with E-state index in [0.717, 1.165) is 41.2 Å². The molecule has 2 atom stereocenters. The SMILES string of the molecule is COc1ccc(C(=O)NCc2cc3nc(-c4cccc(N5C[C@H](C)C[C@H](C)C5)n4)ccc3cn2)cc1OC. The molecule has 0 unspecified atom stereocenters. The first kappa shape index (κ1) is 25.4. The maximum atomic E-state index is 12.7. The van der Waals surface area contributed by atoms with Crippen LogP contribution in [-0.4, -0.2) is 48.2 Å². The molecule has 8 heteroatoms. The fraction of sp³-hybridized carbons (Fsp3) is 0.333. The van der Waals surface area contributed by atoms with Gasteiger partial charge in [-0.15, -0.1) is 0 Å². The molecule has 0 spiro atoms. The number of fused-ring (bicyclic) bond motifs is 1. The van der Waals surface area contributed by atoms with Gasteiger partial charge < -0.3 is 19.7 Å². The Morgan fingerprint density at radius 1 is 0.947 bits per heavy atom. The molecule has 0 aliphatic carbocycles. The fourth-order valence-electron chi connectivity index (χ4n) is 5.14. The molecule has 0 radical (unpaired) electrons. The first-order valence-electron chi connectivity index (χ1n) is 12.9. The molecule has 8 nitrogen and oxygen atoms in total. The fourth-order valence-corrected chi connectivity index (χ4v) is 5.14. The maximum Gasteiger partial charge on any atom is 0.251 e. The van der Waals surface area contributed by atoms with Gasteiger partial charge in [-0.2, -0.15) is 0 Å². The minimum atomic E-state index is -0.225. The molecule has 38 heavy (non-hydrogen) atoms. The van der Waals surface area contributed by atoms with Gasteiger partial charge in [0, 0.05) is 30.2 Å². The summed E-state index contributed by atoms with van der Waals surface area (Å²) in [6.07, 6.45) is 3.04. The average molecular weight is 512 g/mol. The Kier molecular flexibility index (Phi) is 7.40. The van der Waals surface area contributed by atoms with Crippen molar-refractivity contribution in [1.82, 2.24) is 20.3 Å². The van der Waals surface area contributed by atoms with Gasteiger partial charge in [-0.1, -0.05) is 19.9 Å². The van der Waals surface area contributed by atoms with Crippen LogP contribution in [0.5, 0.6) is 11.5 Å². The van der Waals surface area contributed by atoms with Gasteiger partial charge >= 0.3 is 0 Å². The molecule has 4 heterocycles. The van der Waals surface area contributed by atoms with Gasteiger partial charge in [-0.3, -0.25) is 9.78 Å². The van der Waals surface area contributed by atoms with Crippen LogP contribution in [0.2, 0.25) is 0 Å². The summed E-state index contributed by atoms with van der Waals surface area (Å²) in [5.41, 5.74) is 3.65. The number of hydrogen-bond acceptors (Lipinski definition) is 7. The number of piperidine rings is 1. The lowest BCUT2D eigenvalue weighted by Gasteiger charge is -2.35. The van der Waals surface area contributed by atoms with Crippen LogP contribution < -0.4 is 19.7 Å². The molecule has 196 valence electrons. The number of carbonyl (C=O) groups is 1. The highest BCUT2D eigenvalue weighted by Crippen LogP contribution is 2.28. The molecule has 1 amide bonds. The molecular formula is C30H33N5O3. The third-order valence-corrected chi connectivity index (χ3v) is 6.90. The summed E-state index contributed by atoms with van der Waals surface area (Å²) < 4.78 is 10.6. The van der Waals surface area contributed by atoms with E-state index >= 15 is 0 Å². The first-order valence-corrected chi connectivity index (χ1v) is 12.9. The number of pyridine rings is 3. The molecule has 1 saturated heterocycles. The smallest absolute Gasteiger partial charge is 0.251 e. The topological polar surface area (TPSA) is 89.5 Å². The second-order valence-corrected chi connectivity index (χ2v) is 10.0. The largest absolute Gasteiger partial charge is 0.493 e. The van der Waals surface area contributed by atoms with Gasteiger partial charge in [0.2, 0.25) is 0 Å². The van der Waals surface area contributed by atoms with Crippen molar-refractivity contribution in [3.05, 3.63) is 72.1 Å². The van der Waals surface area contributed by atoms with Gasteiger partial charge in [0.15, 0.2) is 11.5 Å². The van der Waals surface area contributed by atoms with E-state index < -0.39 is 0 Å². The van der Waals surface area contributed by atoms with Crippen LogP contribution in [0.25, 0.3) is 22.3 Å². The van der Waals surface area contributed by atoms with Gasteiger partial charge in [-0.25, -0.2) is 9.97 Å². The van der Waals surface area contributed by atoms with E-state index in [1.807, 2.05) is 24.3 Å². The summed E-state index contributed by atoms with van der Waals surface area (Å²) in [6, 6.07) is 17.1. The average Bonchev–Trinajstić information content (AvgIpc) is 2.94. The van der Waals surface area contributed by atoms with Crippen LogP contribution in [0.15, 0.2) is 60.8 Å². The summed E-state index contributed by atoms with van der Waals surface area (Å²) in [5.74, 6) is 3.15. The van der Waals surface area contributed by atoms with Crippen molar-refractivity contribution < 1.29 is 14.3 Å². The van der Waals surface area contributed by atoms with Gasteiger partial charge in [-0.05, 0) is 66.8 Å². The van der Waals surface area contributed by atoms with Crippen molar-refractivity contribution >= 4 is 22.6 Å². The Hall–Kier alpha value is -4.20. The molecule has 1 aliphatic rings. The second kappa shape index (κ2) is 11.0.